The summed E-state index contributed by atoms with van der Waals surface area (Å²) in [5, 5.41) is 3.59. The summed E-state index contributed by atoms with van der Waals surface area (Å²) in [5.74, 6) is -0.215. The Bertz CT molecular complexity index is 1040. The number of nitrogens with zero attached hydrogens (tertiary/aromatic N) is 1. The van der Waals surface area contributed by atoms with Crippen molar-refractivity contribution in [1.82, 2.24) is 9.88 Å². The highest BCUT2D eigenvalue weighted by molar-refractivity contribution is 5.84. The number of halogens is 1. The smallest absolute Gasteiger partial charge is 0.258 e. The van der Waals surface area contributed by atoms with E-state index in [9.17, 15) is 14.0 Å². The number of ether oxygens (including phenoxy) is 1. The zero-order valence-electron chi connectivity index (χ0n) is 15.3. The Balaban J connectivity index is 1.69. The fourth-order valence-electron chi connectivity index (χ4n) is 2.98. The summed E-state index contributed by atoms with van der Waals surface area (Å²) >= 11 is 0. The van der Waals surface area contributed by atoms with Gasteiger partial charge in [-0.25, -0.2) is 4.39 Å². The second-order valence-corrected chi connectivity index (χ2v) is 6.25. The molecule has 0 spiro atoms. The molecule has 0 aliphatic carbocycles. The normalized spacial score (nSPS) is 10.8. The van der Waals surface area contributed by atoms with Crippen LogP contribution in [0.5, 0.6) is 5.75 Å². The predicted octanol–water partition coefficient (Wildman–Crippen LogP) is 3.16. The molecular weight excluding hydrogens is 347 g/mol. The molecule has 3 rings (SSSR count). The minimum absolute atomic E-state index is 0.0673. The van der Waals surface area contributed by atoms with Crippen LogP contribution < -0.4 is 15.6 Å². The van der Waals surface area contributed by atoms with E-state index in [0.29, 0.717) is 17.9 Å². The maximum Gasteiger partial charge on any atom is 0.258 e. The predicted molar refractivity (Wildman–Crippen MR) is 102 cm³/mol. The molecule has 1 heterocycles. The fraction of sp³-hybridized carbons (Fsp3) is 0.238. The van der Waals surface area contributed by atoms with Gasteiger partial charge in [0.2, 0.25) is 0 Å². The number of amides is 1. The van der Waals surface area contributed by atoms with Crippen molar-refractivity contribution < 1.29 is 13.9 Å². The van der Waals surface area contributed by atoms with Crippen molar-refractivity contribution in [2.24, 2.45) is 0 Å². The number of aromatic nitrogens is 1. The van der Waals surface area contributed by atoms with Crippen LogP contribution in [0, 0.1) is 12.7 Å². The Morgan fingerprint density at radius 2 is 1.96 bits per heavy atom. The number of hydrogen-bond donors (Lipinski definition) is 1. The molecule has 1 aromatic heterocycles. The number of carbonyl (C=O) groups excluding carboxylic acids is 1. The van der Waals surface area contributed by atoms with Gasteiger partial charge < -0.3 is 14.6 Å². The molecule has 0 aliphatic rings. The molecular formula is C21H21FN2O3. The summed E-state index contributed by atoms with van der Waals surface area (Å²) in [7, 11) is 0. The Kier molecular flexibility index (Phi) is 5.54. The molecule has 2 aromatic carbocycles. The molecule has 0 unspecified atom stereocenters. The van der Waals surface area contributed by atoms with Crippen molar-refractivity contribution in [3.63, 3.8) is 0 Å². The third kappa shape index (κ3) is 4.16. The van der Waals surface area contributed by atoms with E-state index >= 15 is 0 Å². The Morgan fingerprint density at radius 1 is 1.19 bits per heavy atom. The van der Waals surface area contributed by atoms with Gasteiger partial charge in [0.25, 0.3) is 11.5 Å². The van der Waals surface area contributed by atoms with Gasteiger partial charge in [-0.2, -0.15) is 0 Å². The van der Waals surface area contributed by atoms with Gasteiger partial charge in [-0.05, 0) is 37.6 Å². The summed E-state index contributed by atoms with van der Waals surface area (Å²) in [6.07, 6.45) is 0. The van der Waals surface area contributed by atoms with E-state index in [4.69, 9.17) is 4.74 Å². The van der Waals surface area contributed by atoms with Crippen molar-refractivity contribution >= 4 is 16.8 Å². The monoisotopic (exact) mass is 368 g/mol. The van der Waals surface area contributed by atoms with E-state index in [1.807, 2.05) is 19.9 Å². The minimum Gasteiger partial charge on any atom is -0.484 e. The summed E-state index contributed by atoms with van der Waals surface area (Å²) in [5.41, 5.74) is 2.02. The van der Waals surface area contributed by atoms with Crippen molar-refractivity contribution in [3.8, 4) is 5.75 Å². The molecule has 0 atom stereocenters. The molecule has 3 aromatic rings. The molecule has 0 radical (unpaired) electrons. The molecule has 0 bridgehead atoms. The van der Waals surface area contributed by atoms with E-state index in [2.05, 4.69) is 5.32 Å². The zero-order chi connectivity index (χ0) is 19.4. The molecule has 140 valence electrons. The number of nitrogens with one attached hydrogen (secondary N) is 1. The number of aryl methyl sites for hydroxylation is 2. The van der Waals surface area contributed by atoms with Gasteiger partial charge in [-0.1, -0.05) is 18.2 Å². The van der Waals surface area contributed by atoms with Crippen LogP contribution in [0.2, 0.25) is 0 Å². The summed E-state index contributed by atoms with van der Waals surface area (Å²) in [6, 6.07) is 13.3. The van der Waals surface area contributed by atoms with Crippen LogP contribution in [0.15, 0.2) is 53.3 Å². The van der Waals surface area contributed by atoms with E-state index in [1.165, 1.54) is 6.07 Å². The first-order valence-corrected chi connectivity index (χ1v) is 8.76. The van der Waals surface area contributed by atoms with E-state index in [0.717, 1.165) is 16.5 Å². The van der Waals surface area contributed by atoms with Gasteiger partial charge >= 0.3 is 0 Å². The number of carbonyl (C=O) groups is 1. The molecule has 1 N–H and O–H groups in total. The van der Waals surface area contributed by atoms with Crippen LogP contribution in [0.25, 0.3) is 10.9 Å². The molecule has 27 heavy (non-hydrogen) atoms. The largest absolute Gasteiger partial charge is 0.484 e. The quantitative estimate of drug-likeness (QED) is 0.727. The SMILES string of the molecule is CCn1c(=O)cc(C)c2ccc(OCC(=O)NCc3ccccc3F)cc21. The average Bonchev–Trinajstić information content (AvgIpc) is 2.66. The first-order valence-electron chi connectivity index (χ1n) is 8.76. The highest BCUT2D eigenvalue weighted by Gasteiger charge is 2.09. The molecule has 0 aliphatic heterocycles. The average molecular weight is 368 g/mol. The van der Waals surface area contributed by atoms with E-state index < -0.39 is 0 Å². The zero-order valence-corrected chi connectivity index (χ0v) is 15.3. The van der Waals surface area contributed by atoms with Gasteiger partial charge in [0.1, 0.15) is 11.6 Å². The number of benzene rings is 2. The lowest BCUT2D eigenvalue weighted by Gasteiger charge is -2.12. The second-order valence-electron chi connectivity index (χ2n) is 6.25. The number of rotatable bonds is 6. The van der Waals surface area contributed by atoms with Crippen LogP contribution in [0.3, 0.4) is 0 Å². The maximum absolute atomic E-state index is 13.6. The Labute approximate surface area is 156 Å². The Morgan fingerprint density at radius 3 is 2.70 bits per heavy atom. The van der Waals surface area contributed by atoms with Gasteiger partial charge in [0.05, 0.1) is 5.52 Å². The first-order chi connectivity index (χ1) is 13.0. The molecule has 0 saturated heterocycles. The van der Waals surface area contributed by atoms with Gasteiger partial charge in [-0.3, -0.25) is 9.59 Å². The second kappa shape index (κ2) is 8.03. The fourth-order valence-corrected chi connectivity index (χ4v) is 2.98. The van der Waals surface area contributed by atoms with E-state index in [-0.39, 0.29) is 30.4 Å². The highest BCUT2D eigenvalue weighted by atomic mass is 19.1. The number of pyridine rings is 1. The molecule has 1 amide bonds. The van der Waals surface area contributed by atoms with Gasteiger partial charge in [0, 0.05) is 36.2 Å². The number of hydrogen-bond acceptors (Lipinski definition) is 3. The number of fused-ring (bicyclic) bond motifs is 1. The van der Waals surface area contributed by atoms with Gasteiger partial charge in [-0.15, -0.1) is 0 Å². The van der Waals surface area contributed by atoms with Crippen LogP contribution >= 0.6 is 0 Å². The first kappa shape index (κ1) is 18.6. The highest BCUT2D eigenvalue weighted by Crippen LogP contribution is 2.22. The van der Waals surface area contributed by atoms with E-state index in [1.54, 1.807) is 41.0 Å². The third-order valence-corrected chi connectivity index (χ3v) is 4.41. The van der Waals surface area contributed by atoms with Crippen LogP contribution in [0.4, 0.5) is 4.39 Å². The van der Waals surface area contributed by atoms with Gasteiger partial charge in [0.15, 0.2) is 6.61 Å². The molecule has 5 nitrogen and oxygen atoms in total. The van der Waals surface area contributed by atoms with Crippen molar-refractivity contribution in [1.29, 1.82) is 0 Å². The summed E-state index contributed by atoms with van der Waals surface area (Å²) in [4.78, 5) is 24.1. The lowest BCUT2D eigenvalue weighted by atomic mass is 10.1. The molecule has 6 heteroatoms. The van der Waals surface area contributed by atoms with Crippen molar-refractivity contribution in [3.05, 3.63) is 75.8 Å². The lowest BCUT2D eigenvalue weighted by Crippen LogP contribution is -2.28. The topological polar surface area (TPSA) is 60.3 Å². The van der Waals surface area contributed by atoms with Crippen molar-refractivity contribution in [2.45, 2.75) is 26.9 Å². The molecule has 0 fully saturated rings. The lowest BCUT2D eigenvalue weighted by molar-refractivity contribution is -0.123. The minimum atomic E-state index is -0.360. The Hall–Kier alpha value is -3.15. The van der Waals surface area contributed by atoms with Crippen LogP contribution in [0.1, 0.15) is 18.1 Å². The third-order valence-electron chi connectivity index (χ3n) is 4.41. The summed E-state index contributed by atoms with van der Waals surface area (Å²) in [6.45, 7) is 4.24. The van der Waals surface area contributed by atoms with Crippen LogP contribution in [-0.4, -0.2) is 17.1 Å². The molecule has 0 saturated carbocycles. The van der Waals surface area contributed by atoms with Crippen molar-refractivity contribution in [2.75, 3.05) is 6.61 Å². The van der Waals surface area contributed by atoms with Crippen LogP contribution in [-0.2, 0) is 17.9 Å². The maximum atomic E-state index is 13.6. The summed E-state index contributed by atoms with van der Waals surface area (Å²) < 4.78 is 20.8. The standard InChI is InChI=1S/C21H21FN2O3/c1-3-24-19-11-16(8-9-17(19)14(2)10-21(24)26)27-13-20(25)23-12-15-6-4-5-7-18(15)22/h4-11H,3,12-13H2,1-2H3,(H,23,25).